The predicted molar refractivity (Wildman–Crippen MR) is 105 cm³/mol. The second kappa shape index (κ2) is 8.06. The van der Waals surface area contributed by atoms with E-state index in [1.807, 2.05) is 34.1 Å². The Morgan fingerprint density at radius 2 is 2.00 bits per heavy atom. The highest BCUT2D eigenvalue weighted by Gasteiger charge is 2.14. The number of nitro groups is 1. The van der Waals surface area contributed by atoms with Gasteiger partial charge in [0.15, 0.2) is 0 Å². The maximum absolute atomic E-state index is 12.0. The lowest BCUT2D eigenvalue weighted by atomic mass is 10.1. The van der Waals surface area contributed by atoms with Crippen molar-refractivity contribution in [2.75, 3.05) is 0 Å². The van der Waals surface area contributed by atoms with E-state index in [1.165, 1.54) is 18.2 Å². The van der Waals surface area contributed by atoms with Gasteiger partial charge in [-0.1, -0.05) is 30.3 Å². The summed E-state index contributed by atoms with van der Waals surface area (Å²) in [5, 5.41) is 22.9. The molecule has 0 aliphatic rings. The summed E-state index contributed by atoms with van der Waals surface area (Å²) in [6.07, 6.45) is 3.10. The number of para-hydroxylation sites is 1. The van der Waals surface area contributed by atoms with Gasteiger partial charge < -0.3 is 10.3 Å². The van der Waals surface area contributed by atoms with Crippen molar-refractivity contribution in [3.8, 4) is 6.07 Å². The van der Waals surface area contributed by atoms with E-state index in [2.05, 4.69) is 0 Å². The van der Waals surface area contributed by atoms with Crippen LogP contribution in [0.3, 0.4) is 0 Å². The number of nitrogens with two attached hydrogens (primary N) is 1. The summed E-state index contributed by atoms with van der Waals surface area (Å²) < 4.78 is 1.86. The number of urea groups is 1. The van der Waals surface area contributed by atoms with Gasteiger partial charge in [0.25, 0.3) is 11.6 Å². The molecule has 9 nitrogen and oxygen atoms in total. The van der Waals surface area contributed by atoms with Gasteiger partial charge in [-0.3, -0.25) is 20.2 Å². The molecule has 0 bridgehead atoms. The zero-order valence-corrected chi connectivity index (χ0v) is 15.0. The van der Waals surface area contributed by atoms with Crippen molar-refractivity contribution < 1.29 is 14.5 Å². The van der Waals surface area contributed by atoms with E-state index < -0.39 is 16.9 Å². The maximum atomic E-state index is 12.0. The zero-order chi connectivity index (χ0) is 21.0. The Hall–Kier alpha value is -4.45. The predicted octanol–water partition coefficient (Wildman–Crippen LogP) is 2.70. The Bertz CT molecular complexity index is 1200. The number of hydrogen-bond acceptors (Lipinski definition) is 5. The van der Waals surface area contributed by atoms with E-state index in [0.717, 1.165) is 16.5 Å². The van der Waals surface area contributed by atoms with Crippen LogP contribution in [0.4, 0.5) is 10.5 Å². The van der Waals surface area contributed by atoms with Gasteiger partial charge in [0.05, 0.1) is 4.92 Å². The number of carbonyl (C=O) groups is 2. The van der Waals surface area contributed by atoms with Crippen molar-refractivity contribution in [1.29, 1.82) is 5.26 Å². The molecule has 3 amide bonds. The van der Waals surface area contributed by atoms with Crippen molar-refractivity contribution in [2.24, 2.45) is 5.73 Å². The smallest absolute Gasteiger partial charge is 0.319 e. The fourth-order valence-corrected chi connectivity index (χ4v) is 2.97. The van der Waals surface area contributed by atoms with E-state index >= 15 is 0 Å². The average Bonchev–Trinajstić information content (AvgIpc) is 3.03. The van der Waals surface area contributed by atoms with E-state index in [1.54, 1.807) is 24.4 Å². The highest BCUT2D eigenvalue weighted by molar-refractivity contribution is 6.09. The normalized spacial score (nSPS) is 11.1. The number of carbonyl (C=O) groups excluding carboxylic acids is 2. The molecule has 9 heteroatoms. The van der Waals surface area contributed by atoms with Gasteiger partial charge >= 0.3 is 6.03 Å². The number of rotatable bonds is 5. The Labute approximate surface area is 164 Å². The van der Waals surface area contributed by atoms with Crippen LogP contribution in [-0.2, 0) is 11.3 Å². The minimum Gasteiger partial charge on any atom is -0.351 e. The number of imide groups is 1. The second-order valence-electron chi connectivity index (χ2n) is 6.14. The number of nitrogens with zero attached hydrogens (tertiary/aromatic N) is 3. The SMILES string of the molecule is N#C/C(=C/c1cn(Cc2cccc([N+](=O)[O-])c2)c2ccccc12)C(=O)NC(N)=O. The Morgan fingerprint density at radius 3 is 2.69 bits per heavy atom. The summed E-state index contributed by atoms with van der Waals surface area (Å²) in [6, 6.07) is 14.3. The molecule has 0 spiro atoms. The molecular weight excluding hydrogens is 374 g/mol. The number of benzene rings is 2. The molecule has 0 saturated heterocycles. The van der Waals surface area contributed by atoms with Gasteiger partial charge in [0, 0.05) is 41.3 Å². The number of nitriles is 1. The Balaban J connectivity index is 2.03. The maximum Gasteiger partial charge on any atom is 0.319 e. The summed E-state index contributed by atoms with van der Waals surface area (Å²) >= 11 is 0. The number of non-ortho nitro benzene ring substituents is 1. The average molecular weight is 389 g/mol. The van der Waals surface area contributed by atoms with Crippen LogP contribution in [-0.4, -0.2) is 21.4 Å². The third kappa shape index (κ3) is 4.28. The molecule has 0 atom stereocenters. The van der Waals surface area contributed by atoms with E-state index in [9.17, 15) is 25.0 Å². The van der Waals surface area contributed by atoms with E-state index in [-0.39, 0.29) is 11.3 Å². The van der Waals surface area contributed by atoms with Crippen LogP contribution in [0.2, 0.25) is 0 Å². The molecule has 1 heterocycles. The lowest BCUT2D eigenvalue weighted by Gasteiger charge is -2.05. The molecule has 29 heavy (non-hydrogen) atoms. The van der Waals surface area contributed by atoms with Crippen LogP contribution < -0.4 is 11.1 Å². The number of hydrogen-bond donors (Lipinski definition) is 2. The van der Waals surface area contributed by atoms with Crippen LogP contribution in [0, 0.1) is 21.4 Å². The number of primary amides is 1. The first-order valence-corrected chi connectivity index (χ1v) is 8.43. The van der Waals surface area contributed by atoms with Gasteiger partial charge in [-0.05, 0) is 17.7 Å². The Kier molecular flexibility index (Phi) is 5.37. The van der Waals surface area contributed by atoms with Crippen LogP contribution in [0.25, 0.3) is 17.0 Å². The molecule has 0 aliphatic carbocycles. The highest BCUT2D eigenvalue weighted by atomic mass is 16.6. The van der Waals surface area contributed by atoms with Crippen molar-refractivity contribution in [2.45, 2.75) is 6.54 Å². The summed E-state index contributed by atoms with van der Waals surface area (Å²) in [7, 11) is 0. The molecule has 0 radical (unpaired) electrons. The first-order chi connectivity index (χ1) is 13.9. The molecule has 3 aromatic rings. The lowest BCUT2D eigenvalue weighted by molar-refractivity contribution is -0.384. The monoisotopic (exact) mass is 389 g/mol. The first-order valence-electron chi connectivity index (χ1n) is 8.43. The van der Waals surface area contributed by atoms with E-state index in [4.69, 9.17) is 5.73 Å². The van der Waals surface area contributed by atoms with Crippen molar-refractivity contribution in [1.82, 2.24) is 9.88 Å². The fourth-order valence-electron chi connectivity index (χ4n) is 2.97. The number of nitro benzene ring substituents is 1. The number of fused-ring (bicyclic) bond motifs is 1. The fraction of sp³-hybridized carbons (Fsp3) is 0.0500. The number of amides is 3. The third-order valence-corrected chi connectivity index (χ3v) is 4.20. The molecular formula is C20H15N5O4. The quantitative estimate of drug-likeness (QED) is 0.298. The van der Waals surface area contributed by atoms with Crippen LogP contribution >= 0.6 is 0 Å². The van der Waals surface area contributed by atoms with E-state index in [0.29, 0.717) is 12.1 Å². The van der Waals surface area contributed by atoms with Crippen LogP contribution in [0.15, 0.2) is 60.3 Å². The second-order valence-corrected chi connectivity index (χ2v) is 6.14. The number of nitrogens with one attached hydrogen (secondary N) is 1. The Morgan fingerprint density at radius 1 is 1.24 bits per heavy atom. The van der Waals surface area contributed by atoms with Crippen LogP contribution in [0.1, 0.15) is 11.1 Å². The van der Waals surface area contributed by atoms with Crippen LogP contribution in [0.5, 0.6) is 0 Å². The summed E-state index contributed by atoms with van der Waals surface area (Å²) in [5.74, 6) is -0.893. The minimum atomic E-state index is -1.05. The number of aromatic nitrogens is 1. The van der Waals surface area contributed by atoms with Crippen molar-refractivity contribution in [3.63, 3.8) is 0 Å². The third-order valence-electron chi connectivity index (χ3n) is 4.20. The largest absolute Gasteiger partial charge is 0.351 e. The lowest BCUT2D eigenvalue weighted by Crippen LogP contribution is -2.35. The van der Waals surface area contributed by atoms with Gasteiger partial charge in [0.1, 0.15) is 11.6 Å². The first kappa shape index (κ1) is 19.3. The molecule has 3 N–H and O–H groups in total. The molecule has 0 fully saturated rings. The summed E-state index contributed by atoms with van der Waals surface area (Å²) in [5.41, 5.74) is 6.78. The van der Waals surface area contributed by atoms with Gasteiger partial charge in [0.2, 0.25) is 0 Å². The highest BCUT2D eigenvalue weighted by Crippen LogP contribution is 2.25. The van der Waals surface area contributed by atoms with Crippen molar-refractivity contribution >= 4 is 34.6 Å². The molecule has 1 aromatic heterocycles. The summed E-state index contributed by atoms with van der Waals surface area (Å²) in [4.78, 5) is 33.4. The molecule has 0 unspecified atom stereocenters. The molecule has 0 aliphatic heterocycles. The standard InChI is InChI=1S/C20H15N5O4/c21-10-14(19(26)23-20(22)27)9-15-12-24(18-7-2-1-6-17(15)18)11-13-4-3-5-16(8-13)25(28)29/h1-9,12H,11H2,(H3,22,23,26,27)/b14-9-. The zero-order valence-electron chi connectivity index (χ0n) is 15.0. The summed E-state index contributed by atoms with van der Waals surface area (Å²) in [6.45, 7) is 0.353. The molecule has 2 aromatic carbocycles. The van der Waals surface area contributed by atoms with Gasteiger partial charge in [-0.15, -0.1) is 0 Å². The van der Waals surface area contributed by atoms with Gasteiger partial charge in [-0.2, -0.15) is 5.26 Å². The minimum absolute atomic E-state index is 0.00558. The molecule has 144 valence electrons. The molecule has 3 rings (SSSR count). The molecule has 0 saturated carbocycles. The van der Waals surface area contributed by atoms with Gasteiger partial charge in [-0.25, -0.2) is 4.79 Å². The van der Waals surface area contributed by atoms with Crippen molar-refractivity contribution in [3.05, 3.63) is 81.5 Å². The topological polar surface area (TPSA) is 144 Å².